The Hall–Kier alpha value is -2.82. The molecule has 3 aromatic rings. The highest BCUT2D eigenvalue weighted by molar-refractivity contribution is 6.42. The average molecular weight is 511 g/mol. The number of aryl methyl sites for hydroxylation is 1. The number of hydrogen-bond donors (Lipinski definition) is 1. The molecule has 3 aromatic carbocycles. The van der Waals surface area contributed by atoms with Gasteiger partial charge in [0.05, 0.1) is 16.5 Å². The molecule has 3 rings (SSSR count). The molecule has 0 aromatic heterocycles. The lowest BCUT2D eigenvalue weighted by molar-refractivity contribution is -0.141. The van der Waals surface area contributed by atoms with Crippen LogP contribution in [0.1, 0.15) is 43.0 Å². The van der Waals surface area contributed by atoms with Crippen molar-refractivity contribution < 1.29 is 9.59 Å². The summed E-state index contributed by atoms with van der Waals surface area (Å²) in [4.78, 5) is 29.1. The SMILES string of the molecule is Cc1ccccc1CN(C(=O)Cc1ccc(Cl)c(Cl)c1)[C@H](Cc1ccccc1)C(=O)NC(C)(C)C. The predicted molar refractivity (Wildman–Crippen MR) is 144 cm³/mol. The van der Waals surface area contributed by atoms with E-state index in [0.29, 0.717) is 23.0 Å². The van der Waals surface area contributed by atoms with E-state index in [1.165, 1.54) is 0 Å². The summed E-state index contributed by atoms with van der Waals surface area (Å²) in [6, 6.07) is 22.2. The van der Waals surface area contributed by atoms with Crippen LogP contribution in [0.15, 0.2) is 72.8 Å². The summed E-state index contributed by atoms with van der Waals surface area (Å²) in [5, 5.41) is 3.92. The minimum absolute atomic E-state index is 0.108. The van der Waals surface area contributed by atoms with Gasteiger partial charge in [-0.2, -0.15) is 0 Å². The Morgan fingerprint density at radius 3 is 2.17 bits per heavy atom. The molecule has 1 atom stereocenters. The zero-order chi connectivity index (χ0) is 25.6. The largest absolute Gasteiger partial charge is 0.350 e. The number of carbonyl (C=O) groups excluding carboxylic acids is 2. The smallest absolute Gasteiger partial charge is 0.243 e. The van der Waals surface area contributed by atoms with Gasteiger partial charge in [-0.1, -0.05) is 83.9 Å². The highest BCUT2D eigenvalue weighted by atomic mass is 35.5. The Bertz CT molecular complexity index is 1170. The second-order valence-electron chi connectivity index (χ2n) is 9.82. The molecule has 0 bridgehead atoms. The first-order chi connectivity index (χ1) is 16.5. The number of hydrogen-bond acceptors (Lipinski definition) is 2. The maximum Gasteiger partial charge on any atom is 0.243 e. The summed E-state index contributed by atoms with van der Waals surface area (Å²) >= 11 is 12.3. The van der Waals surface area contributed by atoms with Gasteiger partial charge in [-0.05, 0) is 62.1 Å². The van der Waals surface area contributed by atoms with Crippen molar-refractivity contribution in [3.63, 3.8) is 0 Å². The predicted octanol–water partition coefficient (Wildman–Crippen LogP) is 6.40. The van der Waals surface area contributed by atoms with Gasteiger partial charge in [0, 0.05) is 18.5 Å². The lowest BCUT2D eigenvalue weighted by Crippen LogP contribution is -2.54. The van der Waals surface area contributed by atoms with Crippen LogP contribution in [0.3, 0.4) is 0 Å². The number of nitrogens with one attached hydrogen (secondary N) is 1. The molecule has 0 aliphatic rings. The van der Waals surface area contributed by atoms with E-state index in [9.17, 15) is 9.59 Å². The number of nitrogens with zero attached hydrogens (tertiary/aromatic N) is 1. The Labute approximate surface area is 218 Å². The molecule has 35 heavy (non-hydrogen) atoms. The van der Waals surface area contributed by atoms with E-state index >= 15 is 0 Å². The van der Waals surface area contributed by atoms with Crippen LogP contribution in [0.25, 0.3) is 0 Å². The molecule has 0 fully saturated rings. The minimum atomic E-state index is -0.688. The van der Waals surface area contributed by atoms with E-state index in [4.69, 9.17) is 23.2 Å². The minimum Gasteiger partial charge on any atom is -0.350 e. The molecule has 0 radical (unpaired) electrons. The third-order valence-corrected chi connectivity index (χ3v) is 6.45. The van der Waals surface area contributed by atoms with Crippen LogP contribution in [0.2, 0.25) is 10.0 Å². The number of halogens is 2. The first kappa shape index (κ1) is 26.8. The van der Waals surface area contributed by atoms with Crippen molar-refractivity contribution in [3.05, 3.63) is 105 Å². The van der Waals surface area contributed by atoms with Gasteiger partial charge in [-0.25, -0.2) is 0 Å². The first-order valence-electron chi connectivity index (χ1n) is 11.7. The zero-order valence-electron chi connectivity index (χ0n) is 20.6. The van der Waals surface area contributed by atoms with Gasteiger partial charge < -0.3 is 10.2 Å². The van der Waals surface area contributed by atoms with E-state index in [1.54, 1.807) is 23.1 Å². The molecule has 0 aliphatic heterocycles. The molecule has 4 nitrogen and oxygen atoms in total. The number of rotatable bonds is 8. The van der Waals surface area contributed by atoms with Gasteiger partial charge >= 0.3 is 0 Å². The molecule has 0 unspecified atom stereocenters. The normalized spacial score (nSPS) is 12.2. The monoisotopic (exact) mass is 510 g/mol. The summed E-state index contributed by atoms with van der Waals surface area (Å²) in [5.74, 6) is -0.339. The van der Waals surface area contributed by atoms with E-state index in [0.717, 1.165) is 22.3 Å². The molecule has 0 saturated carbocycles. The van der Waals surface area contributed by atoms with Gasteiger partial charge in [0.25, 0.3) is 0 Å². The Morgan fingerprint density at radius 2 is 1.54 bits per heavy atom. The van der Waals surface area contributed by atoms with E-state index in [2.05, 4.69) is 5.32 Å². The summed E-state index contributed by atoms with van der Waals surface area (Å²) in [6.07, 6.45) is 0.513. The van der Waals surface area contributed by atoms with Crippen LogP contribution in [0, 0.1) is 6.92 Å². The molecule has 0 saturated heterocycles. The van der Waals surface area contributed by atoms with Crippen molar-refractivity contribution in [2.45, 2.75) is 58.7 Å². The maximum atomic E-state index is 13.8. The van der Waals surface area contributed by atoms with Crippen molar-refractivity contribution in [3.8, 4) is 0 Å². The molecule has 0 spiro atoms. The fourth-order valence-corrected chi connectivity index (χ4v) is 4.22. The number of carbonyl (C=O) groups is 2. The molecule has 184 valence electrons. The van der Waals surface area contributed by atoms with Crippen molar-refractivity contribution in [2.24, 2.45) is 0 Å². The van der Waals surface area contributed by atoms with Gasteiger partial charge in [-0.3, -0.25) is 9.59 Å². The van der Waals surface area contributed by atoms with Crippen LogP contribution in [-0.2, 0) is 29.0 Å². The topological polar surface area (TPSA) is 49.4 Å². The quantitative estimate of drug-likeness (QED) is 0.381. The molecule has 0 aliphatic carbocycles. The van der Waals surface area contributed by atoms with Crippen LogP contribution >= 0.6 is 23.2 Å². The highest BCUT2D eigenvalue weighted by Gasteiger charge is 2.32. The fraction of sp³-hybridized carbons (Fsp3) is 0.310. The van der Waals surface area contributed by atoms with Crippen molar-refractivity contribution in [1.82, 2.24) is 10.2 Å². The van der Waals surface area contributed by atoms with Crippen LogP contribution in [-0.4, -0.2) is 28.3 Å². The molecule has 6 heteroatoms. The standard InChI is InChI=1S/C29H32Cl2N2O2/c1-20-10-8-9-13-23(20)19-33(27(34)18-22-14-15-24(30)25(31)16-22)26(28(35)32-29(2,3)4)17-21-11-6-5-7-12-21/h5-16,26H,17-19H2,1-4H3,(H,32,35)/t26-/m1/s1. The van der Waals surface area contributed by atoms with Crippen molar-refractivity contribution in [2.75, 3.05) is 0 Å². The molecular formula is C29H32Cl2N2O2. The summed E-state index contributed by atoms with van der Waals surface area (Å²) in [6.45, 7) is 8.15. The van der Waals surface area contributed by atoms with Crippen molar-refractivity contribution in [1.29, 1.82) is 0 Å². The number of amides is 2. The van der Waals surface area contributed by atoms with Gasteiger partial charge in [-0.15, -0.1) is 0 Å². The Morgan fingerprint density at radius 1 is 0.886 bits per heavy atom. The van der Waals surface area contributed by atoms with Crippen LogP contribution < -0.4 is 5.32 Å². The second kappa shape index (κ2) is 11.7. The van der Waals surface area contributed by atoms with Crippen molar-refractivity contribution >= 4 is 35.0 Å². The van der Waals surface area contributed by atoms with Gasteiger partial charge in [0.1, 0.15) is 6.04 Å². The molecule has 1 N–H and O–H groups in total. The highest BCUT2D eigenvalue weighted by Crippen LogP contribution is 2.24. The lowest BCUT2D eigenvalue weighted by Gasteiger charge is -2.34. The lowest BCUT2D eigenvalue weighted by atomic mass is 9.99. The Kier molecular flexibility index (Phi) is 8.98. The van der Waals surface area contributed by atoms with E-state index in [-0.39, 0.29) is 18.2 Å². The summed E-state index contributed by atoms with van der Waals surface area (Å²) < 4.78 is 0. The third-order valence-electron chi connectivity index (χ3n) is 5.71. The number of benzene rings is 3. The second-order valence-corrected chi connectivity index (χ2v) is 10.6. The van der Waals surface area contributed by atoms with Crippen LogP contribution in [0.4, 0.5) is 0 Å². The fourth-order valence-electron chi connectivity index (χ4n) is 3.90. The molecule has 0 heterocycles. The third kappa shape index (κ3) is 7.84. The maximum absolute atomic E-state index is 13.8. The first-order valence-corrected chi connectivity index (χ1v) is 12.4. The molecular weight excluding hydrogens is 479 g/mol. The average Bonchev–Trinajstić information content (AvgIpc) is 2.79. The summed E-state index contributed by atoms with van der Waals surface area (Å²) in [7, 11) is 0. The van der Waals surface area contributed by atoms with Crippen LogP contribution in [0.5, 0.6) is 0 Å². The van der Waals surface area contributed by atoms with Gasteiger partial charge in [0.2, 0.25) is 11.8 Å². The zero-order valence-corrected chi connectivity index (χ0v) is 22.2. The molecule has 2 amide bonds. The Balaban J connectivity index is 2.01. The van der Waals surface area contributed by atoms with E-state index < -0.39 is 11.6 Å². The van der Waals surface area contributed by atoms with E-state index in [1.807, 2.05) is 82.3 Å². The van der Waals surface area contributed by atoms with Gasteiger partial charge in [0.15, 0.2) is 0 Å². The summed E-state index contributed by atoms with van der Waals surface area (Å²) in [5.41, 5.74) is 3.35.